The molecule has 0 unspecified atom stereocenters. The van der Waals surface area contributed by atoms with Crippen LogP contribution in [0.4, 0.5) is 5.13 Å². The van der Waals surface area contributed by atoms with Crippen molar-refractivity contribution in [3.63, 3.8) is 0 Å². The van der Waals surface area contributed by atoms with Crippen molar-refractivity contribution in [3.8, 4) is 11.5 Å². The normalized spacial score (nSPS) is 11.9. The number of hydrogen-bond donors (Lipinski definition) is 3. The van der Waals surface area contributed by atoms with Gasteiger partial charge in [-0.25, -0.2) is 4.98 Å². The monoisotopic (exact) mass is 372 g/mol. The maximum Gasteiger partial charge on any atom is 0.360 e. The highest BCUT2D eigenvalue weighted by Crippen LogP contribution is 2.40. The summed E-state index contributed by atoms with van der Waals surface area (Å²) in [5.74, 6) is 0.0747. The third-order valence-corrected chi connectivity index (χ3v) is 4.60. The first-order chi connectivity index (χ1) is 7.39. The van der Waals surface area contributed by atoms with Gasteiger partial charge in [-0.2, -0.15) is 0 Å². The summed E-state index contributed by atoms with van der Waals surface area (Å²) in [6, 6.07) is 1.24. The molecule has 16 heavy (non-hydrogen) atoms. The number of hydrogen-bond acceptors (Lipinski definition) is 5. The van der Waals surface area contributed by atoms with Crippen molar-refractivity contribution in [2.24, 2.45) is 0 Å². The number of aromatic nitrogens is 1. The Hall–Kier alpha value is -0.410. The van der Waals surface area contributed by atoms with Crippen LogP contribution >= 0.6 is 41.5 Å². The average molecular weight is 372 g/mol. The predicted octanol–water partition coefficient (Wildman–Crippen LogP) is 1.39. The molecule has 2 aromatic rings. The van der Waals surface area contributed by atoms with Crippen LogP contribution in [0.15, 0.2) is 16.7 Å². The molecular weight excluding hydrogens is 366 g/mol. The first kappa shape index (κ1) is 12.1. The molecule has 0 aromatic carbocycles. The molecule has 2 rings (SSSR count). The summed E-state index contributed by atoms with van der Waals surface area (Å²) in [6.45, 7) is 0. The van der Waals surface area contributed by atoms with Crippen LogP contribution < -0.4 is 11.0 Å². The Bertz CT molecular complexity index is 575. The second-order valence-corrected chi connectivity index (χ2v) is 7.26. The second kappa shape index (κ2) is 4.11. The number of anilines is 1. The quantitative estimate of drug-likeness (QED) is 0.543. The minimum absolute atomic E-state index is 0.0747. The van der Waals surface area contributed by atoms with Crippen molar-refractivity contribution < 1.29 is 18.8 Å². The smallest absolute Gasteiger partial charge is 0.360 e. The largest absolute Gasteiger partial charge is 0.462 e. The van der Waals surface area contributed by atoms with Gasteiger partial charge in [0.15, 0.2) is 10.9 Å². The van der Waals surface area contributed by atoms with Crippen LogP contribution in [0, 0.1) is 2.88 Å². The molecule has 0 saturated heterocycles. The molecule has 4 N–H and O–H groups in total. The zero-order chi connectivity index (χ0) is 11.9. The zero-order valence-corrected chi connectivity index (χ0v) is 11.5. The third kappa shape index (κ3) is 2.16. The summed E-state index contributed by atoms with van der Waals surface area (Å²) >= 11 is 3.22. The molecular formula is C7H6IN2O4PS. The second-order valence-electron chi connectivity index (χ2n) is 2.85. The van der Waals surface area contributed by atoms with Gasteiger partial charge in [0.2, 0.25) is 0 Å². The van der Waals surface area contributed by atoms with Gasteiger partial charge in [-0.15, -0.1) is 0 Å². The van der Waals surface area contributed by atoms with Crippen LogP contribution in [0.25, 0.3) is 11.5 Å². The topological polar surface area (TPSA) is 110 Å². The Kier molecular flexibility index (Phi) is 3.10. The van der Waals surface area contributed by atoms with E-state index in [0.29, 0.717) is 10.8 Å². The molecule has 6 nitrogen and oxygen atoms in total. The maximum atomic E-state index is 11.2. The molecule has 0 aliphatic carbocycles. The molecule has 0 amide bonds. The Morgan fingerprint density at radius 2 is 2.25 bits per heavy atom. The van der Waals surface area contributed by atoms with Gasteiger partial charge in [-0.3, -0.25) is 4.57 Å². The molecule has 2 aromatic heterocycles. The van der Waals surface area contributed by atoms with Crippen LogP contribution in [0.2, 0.25) is 0 Å². The number of nitrogens with two attached hydrogens (primary N) is 1. The highest BCUT2D eigenvalue weighted by atomic mass is 127. The van der Waals surface area contributed by atoms with Crippen LogP contribution in [-0.4, -0.2) is 14.8 Å². The molecule has 86 valence electrons. The number of furan rings is 1. The SMILES string of the molecule is Nc1nc(-c2occc2P(=O)(O)O)c(I)s1. The first-order valence-corrected chi connectivity index (χ1v) is 7.46. The fourth-order valence-electron chi connectivity index (χ4n) is 1.17. The lowest BCUT2D eigenvalue weighted by molar-refractivity contribution is 0.387. The van der Waals surface area contributed by atoms with Gasteiger partial charge < -0.3 is 19.9 Å². The lowest BCUT2D eigenvalue weighted by Gasteiger charge is -2.02. The van der Waals surface area contributed by atoms with Crippen molar-refractivity contribution in [1.29, 1.82) is 0 Å². The highest BCUT2D eigenvalue weighted by Gasteiger charge is 2.27. The van der Waals surface area contributed by atoms with E-state index in [2.05, 4.69) is 4.98 Å². The molecule has 0 saturated carbocycles. The first-order valence-electron chi connectivity index (χ1n) is 3.95. The highest BCUT2D eigenvalue weighted by molar-refractivity contribution is 14.1. The van der Waals surface area contributed by atoms with Crippen LogP contribution in [0.1, 0.15) is 0 Å². The van der Waals surface area contributed by atoms with Gasteiger partial charge in [-0.1, -0.05) is 11.3 Å². The number of halogens is 1. The van der Waals surface area contributed by atoms with E-state index in [1.165, 1.54) is 23.7 Å². The van der Waals surface area contributed by atoms with Gasteiger partial charge in [0.1, 0.15) is 11.0 Å². The Morgan fingerprint density at radius 1 is 1.56 bits per heavy atom. The summed E-state index contributed by atoms with van der Waals surface area (Å²) in [5, 5.41) is 0.156. The van der Waals surface area contributed by atoms with Crippen molar-refractivity contribution in [2.75, 3.05) is 5.73 Å². The summed E-state index contributed by atoms with van der Waals surface area (Å²) in [4.78, 5) is 22.2. The van der Waals surface area contributed by atoms with Gasteiger partial charge in [0.25, 0.3) is 0 Å². The Morgan fingerprint density at radius 3 is 2.75 bits per heavy atom. The van der Waals surface area contributed by atoms with Crippen molar-refractivity contribution in [2.45, 2.75) is 0 Å². The van der Waals surface area contributed by atoms with Crippen molar-refractivity contribution in [1.82, 2.24) is 4.98 Å². The molecule has 0 atom stereocenters. The summed E-state index contributed by atoms with van der Waals surface area (Å²) in [6.07, 6.45) is 1.22. The van der Waals surface area contributed by atoms with E-state index in [4.69, 9.17) is 19.9 Å². The fraction of sp³-hybridized carbons (Fsp3) is 0. The molecule has 9 heteroatoms. The van der Waals surface area contributed by atoms with Gasteiger partial charge in [0.05, 0.1) is 9.15 Å². The van der Waals surface area contributed by atoms with Crippen LogP contribution in [0.5, 0.6) is 0 Å². The van der Waals surface area contributed by atoms with E-state index in [9.17, 15) is 4.57 Å². The molecule has 2 heterocycles. The van der Waals surface area contributed by atoms with E-state index in [1.807, 2.05) is 22.6 Å². The average Bonchev–Trinajstić information content (AvgIpc) is 2.69. The van der Waals surface area contributed by atoms with Gasteiger partial charge >= 0.3 is 7.60 Å². The standard InChI is InChI=1S/C7H6IN2O4PS/c8-6-4(10-7(9)16-6)5-3(1-2-14-5)15(11,12)13/h1-2H,(H2,9,10)(H2,11,12,13). The minimum Gasteiger partial charge on any atom is -0.462 e. The summed E-state index contributed by atoms with van der Waals surface area (Å²) in [7, 11) is -4.36. The Labute approximate surface area is 108 Å². The molecule has 0 fully saturated rings. The van der Waals surface area contributed by atoms with Gasteiger partial charge in [-0.05, 0) is 28.7 Å². The van der Waals surface area contributed by atoms with E-state index < -0.39 is 7.60 Å². The number of nitrogens with zero attached hydrogens (tertiary/aromatic N) is 1. The van der Waals surface area contributed by atoms with E-state index in [0.717, 1.165) is 2.88 Å². The van der Waals surface area contributed by atoms with Crippen molar-refractivity contribution >= 4 is 52.0 Å². The third-order valence-electron chi connectivity index (χ3n) is 1.78. The Balaban J connectivity index is 2.62. The van der Waals surface area contributed by atoms with Gasteiger partial charge in [0, 0.05) is 0 Å². The lowest BCUT2D eigenvalue weighted by atomic mass is 10.4. The molecule has 0 radical (unpaired) electrons. The van der Waals surface area contributed by atoms with E-state index >= 15 is 0 Å². The molecule has 0 aliphatic heterocycles. The minimum atomic E-state index is -4.36. The number of rotatable bonds is 2. The maximum absolute atomic E-state index is 11.2. The lowest BCUT2D eigenvalue weighted by Crippen LogP contribution is -2.04. The van der Waals surface area contributed by atoms with Crippen LogP contribution in [-0.2, 0) is 4.57 Å². The predicted molar refractivity (Wildman–Crippen MR) is 68.6 cm³/mol. The van der Waals surface area contributed by atoms with E-state index in [1.54, 1.807) is 0 Å². The fourth-order valence-corrected chi connectivity index (χ4v) is 3.44. The number of thiazole rings is 1. The van der Waals surface area contributed by atoms with Crippen LogP contribution in [0.3, 0.4) is 0 Å². The molecule has 0 aliphatic rings. The van der Waals surface area contributed by atoms with Crippen molar-refractivity contribution in [3.05, 3.63) is 15.2 Å². The summed E-state index contributed by atoms with van der Waals surface area (Å²) in [5.41, 5.74) is 5.88. The zero-order valence-electron chi connectivity index (χ0n) is 7.62. The summed E-state index contributed by atoms with van der Waals surface area (Å²) < 4.78 is 17.0. The van der Waals surface area contributed by atoms with E-state index in [-0.39, 0.29) is 11.1 Å². The molecule has 0 bridgehead atoms. The number of nitrogen functional groups attached to an aromatic ring is 1. The molecule has 0 spiro atoms.